The Kier molecular flexibility index (Phi) is 5.59. The standard InChI is InChI=1S/C22H24N2O5/c1-13(19(25)24-22(2,3)20(26)27)23-21(28)29-12-18-16-10-6-4-8-14(16)15-9-5-7-11-17(15)18/h4-11,13,18H,12H2,1-3H3,(H,23,28)(H,24,25)(H,26,27). The Balaban J connectivity index is 1.61. The molecular formula is C22H24N2O5. The van der Waals surface area contributed by atoms with E-state index >= 15 is 0 Å². The fourth-order valence-electron chi connectivity index (χ4n) is 3.35. The van der Waals surface area contributed by atoms with E-state index in [1.54, 1.807) is 0 Å². The van der Waals surface area contributed by atoms with Gasteiger partial charge in [-0.25, -0.2) is 9.59 Å². The van der Waals surface area contributed by atoms with Crippen molar-refractivity contribution in [3.05, 3.63) is 59.7 Å². The third-order valence-electron chi connectivity index (χ3n) is 5.04. The normalized spacial score (nSPS) is 13.8. The van der Waals surface area contributed by atoms with Crippen molar-refractivity contribution in [2.75, 3.05) is 6.61 Å². The van der Waals surface area contributed by atoms with E-state index in [2.05, 4.69) is 10.6 Å². The Labute approximate surface area is 169 Å². The van der Waals surface area contributed by atoms with Gasteiger partial charge in [-0.2, -0.15) is 0 Å². The second kappa shape index (κ2) is 7.95. The van der Waals surface area contributed by atoms with Crippen molar-refractivity contribution < 1.29 is 24.2 Å². The number of aliphatic carboxylic acids is 1. The van der Waals surface area contributed by atoms with Crippen LogP contribution in [0, 0.1) is 0 Å². The summed E-state index contributed by atoms with van der Waals surface area (Å²) in [6, 6.07) is 15.0. The van der Waals surface area contributed by atoms with Crippen LogP contribution in [-0.4, -0.2) is 41.3 Å². The van der Waals surface area contributed by atoms with Gasteiger partial charge in [0, 0.05) is 5.92 Å². The van der Waals surface area contributed by atoms with Crippen LogP contribution in [0.4, 0.5) is 4.79 Å². The lowest BCUT2D eigenvalue weighted by molar-refractivity contribution is -0.146. The predicted molar refractivity (Wildman–Crippen MR) is 108 cm³/mol. The van der Waals surface area contributed by atoms with E-state index in [0.717, 1.165) is 22.3 Å². The molecule has 0 heterocycles. The number of carboxylic acids is 1. The molecule has 0 saturated heterocycles. The zero-order valence-electron chi connectivity index (χ0n) is 16.6. The molecule has 3 rings (SSSR count). The molecule has 0 saturated carbocycles. The molecule has 1 aliphatic rings. The first-order valence-corrected chi connectivity index (χ1v) is 9.37. The highest BCUT2D eigenvalue weighted by molar-refractivity contribution is 5.90. The Hall–Kier alpha value is -3.35. The number of amides is 2. The average molecular weight is 396 g/mol. The number of hydrogen-bond donors (Lipinski definition) is 3. The van der Waals surface area contributed by atoms with E-state index in [0.29, 0.717) is 0 Å². The van der Waals surface area contributed by atoms with E-state index in [-0.39, 0.29) is 12.5 Å². The SMILES string of the molecule is CC(NC(=O)OCC1c2ccccc2-c2ccccc21)C(=O)NC(C)(C)C(=O)O. The van der Waals surface area contributed by atoms with Crippen molar-refractivity contribution in [1.82, 2.24) is 10.6 Å². The van der Waals surface area contributed by atoms with Gasteiger partial charge in [-0.15, -0.1) is 0 Å². The second-order valence-corrected chi connectivity index (χ2v) is 7.61. The molecule has 0 radical (unpaired) electrons. The Morgan fingerprint density at radius 3 is 2.07 bits per heavy atom. The molecule has 0 bridgehead atoms. The quantitative estimate of drug-likeness (QED) is 0.696. The van der Waals surface area contributed by atoms with Gasteiger partial charge in [-0.3, -0.25) is 4.79 Å². The maximum Gasteiger partial charge on any atom is 0.407 e. The Morgan fingerprint density at radius 1 is 1.03 bits per heavy atom. The maximum absolute atomic E-state index is 12.2. The van der Waals surface area contributed by atoms with Crippen molar-refractivity contribution in [3.8, 4) is 11.1 Å². The number of rotatable bonds is 6. The zero-order chi connectivity index (χ0) is 21.2. The third-order valence-corrected chi connectivity index (χ3v) is 5.04. The molecule has 0 fully saturated rings. The molecule has 1 aliphatic carbocycles. The minimum absolute atomic E-state index is 0.0803. The zero-order valence-corrected chi connectivity index (χ0v) is 16.6. The summed E-state index contributed by atoms with van der Waals surface area (Å²) in [5, 5.41) is 13.9. The van der Waals surface area contributed by atoms with Crippen LogP contribution < -0.4 is 10.6 Å². The predicted octanol–water partition coefficient (Wildman–Crippen LogP) is 2.89. The van der Waals surface area contributed by atoms with Gasteiger partial charge < -0.3 is 20.5 Å². The van der Waals surface area contributed by atoms with Crippen LogP contribution >= 0.6 is 0 Å². The topological polar surface area (TPSA) is 105 Å². The van der Waals surface area contributed by atoms with E-state index in [4.69, 9.17) is 9.84 Å². The van der Waals surface area contributed by atoms with Gasteiger partial charge in [-0.1, -0.05) is 48.5 Å². The molecule has 152 valence electrons. The van der Waals surface area contributed by atoms with Crippen LogP contribution in [0.2, 0.25) is 0 Å². The number of carbonyl (C=O) groups is 3. The van der Waals surface area contributed by atoms with Gasteiger partial charge in [0.2, 0.25) is 5.91 Å². The van der Waals surface area contributed by atoms with E-state index in [1.807, 2.05) is 48.5 Å². The number of nitrogens with one attached hydrogen (secondary N) is 2. The van der Waals surface area contributed by atoms with Crippen LogP contribution in [0.1, 0.15) is 37.8 Å². The van der Waals surface area contributed by atoms with Crippen LogP contribution in [0.3, 0.4) is 0 Å². The molecule has 1 atom stereocenters. The van der Waals surface area contributed by atoms with Crippen molar-refractivity contribution in [3.63, 3.8) is 0 Å². The van der Waals surface area contributed by atoms with Crippen LogP contribution in [-0.2, 0) is 14.3 Å². The number of ether oxygens (including phenoxy) is 1. The summed E-state index contributed by atoms with van der Waals surface area (Å²) in [4.78, 5) is 35.5. The smallest absolute Gasteiger partial charge is 0.407 e. The van der Waals surface area contributed by atoms with Crippen molar-refractivity contribution in [2.24, 2.45) is 0 Å². The number of alkyl carbamates (subject to hydrolysis) is 1. The summed E-state index contributed by atoms with van der Waals surface area (Å²) in [5.74, 6) is -1.85. The molecule has 2 aromatic rings. The number of carbonyl (C=O) groups excluding carboxylic acids is 2. The molecule has 0 aliphatic heterocycles. The lowest BCUT2D eigenvalue weighted by Crippen LogP contribution is -2.55. The number of carboxylic acid groups (broad SMARTS) is 1. The summed E-state index contributed by atoms with van der Waals surface area (Å²) in [7, 11) is 0. The molecule has 7 heteroatoms. The molecule has 1 unspecified atom stereocenters. The summed E-state index contributed by atoms with van der Waals surface area (Å²) in [6.07, 6.45) is -0.734. The Bertz CT molecular complexity index is 908. The van der Waals surface area contributed by atoms with Crippen LogP contribution in [0.15, 0.2) is 48.5 Å². The summed E-state index contributed by atoms with van der Waals surface area (Å²) in [6.45, 7) is 4.34. The van der Waals surface area contributed by atoms with Gasteiger partial charge in [0.15, 0.2) is 0 Å². The first-order valence-electron chi connectivity index (χ1n) is 9.37. The van der Waals surface area contributed by atoms with Gasteiger partial charge in [0.25, 0.3) is 0 Å². The molecule has 0 aromatic heterocycles. The molecular weight excluding hydrogens is 372 g/mol. The highest BCUT2D eigenvalue weighted by Crippen LogP contribution is 2.44. The minimum Gasteiger partial charge on any atom is -0.480 e. The first kappa shape index (κ1) is 20.4. The summed E-state index contributed by atoms with van der Waals surface area (Å²) >= 11 is 0. The lowest BCUT2D eigenvalue weighted by atomic mass is 9.98. The van der Waals surface area contributed by atoms with E-state index in [1.165, 1.54) is 20.8 Å². The first-order chi connectivity index (χ1) is 13.7. The lowest BCUT2D eigenvalue weighted by Gasteiger charge is -2.23. The number of fused-ring (bicyclic) bond motifs is 3. The highest BCUT2D eigenvalue weighted by Gasteiger charge is 2.32. The maximum atomic E-state index is 12.2. The van der Waals surface area contributed by atoms with Gasteiger partial charge in [0.05, 0.1) is 0 Å². The molecule has 7 nitrogen and oxygen atoms in total. The molecule has 2 amide bonds. The van der Waals surface area contributed by atoms with E-state index in [9.17, 15) is 14.4 Å². The highest BCUT2D eigenvalue weighted by atomic mass is 16.5. The molecule has 29 heavy (non-hydrogen) atoms. The van der Waals surface area contributed by atoms with Gasteiger partial charge in [-0.05, 0) is 43.0 Å². The summed E-state index contributed by atoms with van der Waals surface area (Å²) < 4.78 is 5.39. The summed E-state index contributed by atoms with van der Waals surface area (Å²) in [5.41, 5.74) is 3.00. The number of benzene rings is 2. The minimum atomic E-state index is -1.44. The van der Waals surface area contributed by atoms with E-state index < -0.39 is 29.6 Å². The third kappa shape index (κ3) is 4.23. The molecule has 2 aromatic carbocycles. The second-order valence-electron chi connectivity index (χ2n) is 7.61. The largest absolute Gasteiger partial charge is 0.480 e. The van der Waals surface area contributed by atoms with Crippen LogP contribution in [0.25, 0.3) is 11.1 Å². The molecule has 0 spiro atoms. The fourth-order valence-corrected chi connectivity index (χ4v) is 3.35. The van der Waals surface area contributed by atoms with Crippen molar-refractivity contribution in [1.29, 1.82) is 0 Å². The van der Waals surface area contributed by atoms with Crippen molar-refractivity contribution >= 4 is 18.0 Å². The Morgan fingerprint density at radius 2 is 1.55 bits per heavy atom. The number of hydrogen-bond acceptors (Lipinski definition) is 4. The average Bonchev–Trinajstić information content (AvgIpc) is 3.00. The molecule has 3 N–H and O–H groups in total. The van der Waals surface area contributed by atoms with Gasteiger partial charge >= 0.3 is 12.1 Å². The van der Waals surface area contributed by atoms with Gasteiger partial charge in [0.1, 0.15) is 18.2 Å². The van der Waals surface area contributed by atoms with Crippen LogP contribution in [0.5, 0.6) is 0 Å². The van der Waals surface area contributed by atoms with Crippen molar-refractivity contribution in [2.45, 2.75) is 38.3 Å². The fraction of sp³-hybridized carbons (Fsp3) is 0.318. The monoisotopic (exact) mass is 396 g/mol.